The predicted octanol–water partition coefficient (Wildman–Crippen LogP) is 3.05. The second-order valence-electron chi connectivity index (χ2n) is 11.2. The van der Waals surface area contributed by atoms with Crippen LogP contribution in [0, 0.1) is 11.8 Å². The number of rotatable bonds is 11. The SMILES string of the molecule is O=C(N[C@H](CNC(=O)[C@@H]1CCCN(C(=O)CCC2CCN(C(=O)OCc3ccccc3)CC2)C1)C(=O)O)c1ccccc1. The van der Waals surface area contributed by atoms with E-state index in [4.69, 9.17) is 4.74 Å². The highest BCUT2D eigenvalue weighted by molar-refractivity contribution is 5.96. The summed E-state index contributed by atoms with van der Waals surface area (Å²) in [6.07, 6.45) is 3.69. The zero-order valence-electron chi connectivity index (χ0n) is 24.3. The molecule has 2 aliphatic heterocycles. The van der Waals surface area contributed by atoms with E-state index >= 15 is 0 Å². The number of nitrogens with one attached hydrogen (secondary N) is 2. The van der Waals surface area contributed by atoms with E-state index < -0.39 is 23.8 Å². The number of aliphatic carboxylic acids is 1. The van der Waals surface area contributed by atoms with Gasteiger partial charge in [0.05, 0.1) is 5.92 Å². The largest absolute Gasteiger partial charge is 0.480 e. The molecule has 2 heterocycles. The van der Waals surface area contributed by atoms with Gasteiger partial charge in [0.25, 0.3) is 5.91 Å². The standard InChI is InChI=1S/C32H40N4O7/c37-28(14-13-23-15-18-35(19-16-23)32(42)43-22-24-8-3-1-4-9-24)36-17-7-12-26(21-36)29(38)33-20-27(31(40)41)34-30(39)25-10-5-2-6-11-25/h1-6,8-11,23,26-27H,7,12-22H2,(H,33,38)(H,34,39)(H,40,41)/t26-,27-/m1/s1. The predicted molar refractivity (Wildman–Crippen MR) is 158 cm³/mol. The zero-order chi connectivity index (χ0) is 30.6. The molecule has 0 unspecified atom stereocenters. The van der Waals surface area contributed by atoms with Crippen molar-refractivity contribution in [2.24, 2.45) is 11.8 Å². The van der Waals surface area contributed by atoms with Crippen molar-refractivity contribution >= 4 is 29.8 Å². The van der Waals surface area contributed by atoms with Crippen molar-refractivity contribution in [1.82, 2.24) is 20.4 Å². The molecule has 0 aromatic heterocycles. The molecule has 2 fully saturated rings. The topological polar surface area (TPSA) is 145 Å². The van der Waals surface area contributed by atoms with Gasteiger partial charge < -0.3 is 30.3 Å². The summed E-state index contributed by atoms with van der Waals surface area (Å²) in [5.41, 5.74) is 1.27. The number of nitrogens with zero attached hydrogens (tertiary/aromatic N) is 2. The van der Waals surface area contributed by atoms with Gasteiger partial charge in [0, 0.05) is 44.7 Å². The van der Waals surface area contributed by atoms with Gasteiger partial charge in [-0.05, 0) is 55.7 Å². The lowest BCUT2D eigenvalue weighted by Gasteiger charge is -2.34. The van der Waals surface area contributed by atoms with Crippen LogP contribution in [0.5, 0.6) is 0 Å². The normalized spacial score (nSPS) is 17.9. The Bertz CT molecular complexity index is 1250. The molecular weight excluding hydrogens is 552 g/mol. The van der Waals surface area contributed by atoms with Gasteiger partial charge in [0.15, 0.2) is 0 Å². The molecule has 4 rings (SSSR count). The Morgan fingerprint density at radius 1 is 0.884 bits per heavy atom. The number of carboxylic acids is 1. The molecule has 230 valence electrons. The number of hydrogen-bond acceptors (Lipinski definition) is 6. The fraction of sp³-hybridized carbons (Fsp3) is 0.469. The van der Waals surface area contributed by atoms with Gasteiger partial charge in [-0.1, -0.05) is 48.5 Å². The smallest absolute Gasteiger partial charge is 0.410 e. The van der Waals surface area contributed by atoms with Crippen LogP contribution in [0.1, 0.15) is 54.4 Å². The summed E-state index contributed by atoms with van der Waals surface area (Å²) in [5.74, 6) is -2.22. The lowest BCUT2D eigenvalue weighted by Crippen LogP contribution is -2.51. The molecule has 11 nitrogen and oxygen atoms in total. The van der Waals surface area contributed by atoms with E-state index in [0.717, 1.165) is 24.8 Å². The molecule has 0 spiro atoms. The number of carbonyl (C=O) groups excluding carboxylic acids is 4. The third-order valence-corrected chi connectivity index (χ3v) is 8.11. The van der Waals surface area contributed by atoms with Gasteiger partial charge in [0.2, 0.25) is 11.8 Å². The third kappa shape index (κ3) is 9.56. The van der Waals surface area contributed by atoms with Crippen molar-refractivity contribution in [3.05, 3.63) is 71.8 Å². The lowest BCUT2D eigenvalue weighted by molar-refractivity contribution is -0.139. The summed E-state index contributed by atoms with van der Waals surface area (Å²) in [6.45, 7) is 2.05. The number of likely N-dealkylation sites (tertiary alicyclic amines) is 2. The fourth-order valence-electron chi connectivity index (χ4n) is 5.50. The molecule has 0 aliphatic carbocycles. The van der Waals surface area contributed by atoms with Gasteiger partial charge >= 0.3 is 12.1 Å². The van der Waals surface area contributed by atoms with Crippen molar-refractivity contribution in [1.29, 1.82) is 0 Å². The van der Waals surface area contributed by atoms with Crippen molar-refractivity contribution in [2.75, 3.05) is 32.7 Å². The Hall–Kier alpha value is -4.41. The minimum Gasteiger partial charge on any atom is -0.480 e. The average Bonchev–Trinajstić information content (AvgIpc) is 3.05. The van der Waals surface area contributed by atoms with Crippen LogP contribution in [0.2, 0.25) is 0 Å². The highest BCUT2D eigenvalue weighted by Crippen LogP contribution is 2.24. The monoisotopic (exact) mass is 592 g/mol. The summed E-state index contributed by atoms with van der Waals surface area (Å²) >= 11 is 0. The maximum absolute atomic E-state index is 13.0. The van der Waals surface area contributed by atoms with E-state index in [1.807, 2.05) is 30.3 Å². The lowest BCUT2D eigenvalue weighted by atomic mass is 9.91. The van der Waals surface area contributed by atoms with Crippen molar-refractivity contribution in [3.8, 4) is 0 Å². The molecule has 4 amide bonds. The Balaban J connectivity index is 1.15. The van der Waals surface area contributed by atoms with E-state index in [1.54, 1.807) is 40.1 Å². The van der Waals surface area contributed by atoms with Crippen LogP contribution in [0.3, 0.4) is 0 Å². The maximum Gasteiger partial charge on any atom is 0.410 e. The van der Waals surface area contributed by atoms with Crippen LogP contribution in [-0.2, 0) is 25.7 Å². The molecule has 2 saturated heterocycles. The van der Waals surface area contributed by atoms with E-state index in [2.05, 4.69) is 10.6 Å². The number of amides is 4. The Morgan fingerprint density at radius 2 is 1.56 bits per heavy atom. The number of carboxylic acid groups (broad SMARTS) is 1. The number of piperidine rings is 2. The highest BCUT2D eigenvalue weighted by atomic mass is 16.6. The number of carbonyl (C=O) groups is 5. The molecule has 2 aliphatic rings. The third-order valence-electron chi connectivity index (χ3n) is 8.11. The first-order valence-corrected chi connectivity index (χ1v) is 14.9. The zero-order valence-corrected chi connectivity index (χ0v) is 24.3. The molecule has 3 N–H and O–H groups in total. The molecule has 2 atom stereocenters. The number of hydrogen-bond donors (Lipinski definition) is 3. The van der Waals surface area contributed by atoms with E-state index in [1.165, 1.54) is 0 Å². The van der Waals surface area contributed by atoms with Crippen molar-refractivity contribution < 1.29 is 33.8 Å². The molecule has 0 bridgehead atoms. The molecule has 43 heavy (non-hydrogen) atoms. The summed E-state index contributed by atoms with van der Waals surface area (Å²) in [5, 5.41) is 14.6. The number of benzene rings is 2. The Kier molecular flexibility index (Phi) is 11.5. The molecule has 11 heteroatoms. The van der Waals surface area contributed by atoms with Gasteiger partial charge in [-0.2, -0.15) is 0 Å². The van der Waals surface area contributed by atoms with Crippen LogP contribution in [0.25, 0.3) is 0 Å². The summed E-state index contributed by atoms with van der Waals surface area (Å²) in [4.78, 5) is 65.8. The average molecular weight is 593 g/mol. The van der Waals surface area contributed by atoms with Crippen LogP contribution in [-0.4, -0.2) is 83.5 Å². The first-order chi connectivity index (χ1) is 20.8. The minimum absolute atomic E-state index is 0.000683. The van der Waals surface area contributed by atoms with Crippen LogP contribution in [0.4, 0.5) is 4.79 Å². The molecule has 0 radical (unpaired) electrons. The Morgan fingerprint density at radius 3 is 2.23 bits per heavy atom. The van der Waals surface area contributed by atoms with Crippen molar-refractivity contribution in [3.63, 3.8) is 0 Å². The second-order valence-corrected chi connectivity index (χ2v) is 11.2. The van der Waals surface area contributed by atoms with Crippen LogP contribution < -0.4 is 10.6 Å². The molecule has 2 aromatic rings. The van der Waals surface area contributed by atoms with Gasteiger partial charge in [0.1, 0.15) is 12.6 Å². The maximum atomic E-state index is 13.0. The van der Waals surface area contributed by atoms with Crippen LogP contribution in [0.15, 0.2) is 60.7 Å². The van der Waals surface area contributed by atoms with E-state index in [0.29, 0.717) is 50.4 Å². The van der Waals surface area contributed by atoms with Gasteiger partial charge in [-0.25, -0.2) is 9.59 Å². The number of ether oxygens (including phenoxy) is 1. The van der Waals surface area contributed by atoms with Gasteiger partial charge in [-0.15, -0.1) is 0 Å². The first kappa shape index (κ1) is 31.5. The fourth-order valence-corrected chi connectivity index (χ4v) is 5.50. The first-order valence-electron chi connectivity index (χ1n) is 14.9. The van der Waals surface area contributed by atoms with E-state index in [9.17, 15) is 29.1 Å². The summed E-state index contributed by atoms with van der Waals surface area (Å²) < 4.78 is 5.43. The van der Waals surface area contributed by atoms with Crippen molar-refractivity contribution in [2.45, 2.75) is 51.2 Å². The quantitative estimate of drug-likeness (QED) is 0.364. The summed E-state index contributed by atoms with van der Waals surface area (Å²) in [6, 6.07) is 16.5. The van der Waals surface area contributed by atoms with Gasteiger partial charge in [-0.3, -0.25) is 14.4 Å². The molecule has 2 aromatic carbocycles. The molecular formula is C32H40N4O7. The summed E-state index contributed by atoms with van der Waals surface area (Å²) in [7, 11) is 0. The van der Waals surface area contributed by atoms with Crippen LogP contribution >= 0.6 is 0 Å². The minimum atomic E-state index is -1.28. The van der Waals surface area contributed by atoms with E-state index in [-0.39, 0.29) is 37.6 Å². The molecule has 0 saturated carbocycles. The highest BCUT2D eigenvalue weighted by Gasteiger charge is 2.31. The Labute approximate surface area is 251 Å². The second kappa shape index (κ2) is 15.7.